The Morgan fingerprint density at radius 1 is 1.43 bits per heavy atom. The van der Waals surface area contributed by atoms with Gasteiger partial charge in [-0.25, -0.2) is 4.98 Å². The summed E-state index contributed by atoms with van der Waals surface area (Å²) in [6.07, 6.45) is 4.34. The Morgan fingerprint density at radius 2 is 2.24 bits per heavy atom. The van der Waals surface area contributed by atoms with Crippen LogP contribution in [0, 0.1) is 0 Å². The van der Waals surface area contributed by atoms with Crippen LogP contribution in [0.3, 0.4) is 0 Å². The van der Waals surface area contributed by atoms with Crippen LogP contribution >= 0.6 is 11.6 Å². The highest BCUT2D eigenvalue weighted by atomic mass is 35.5. The fourth-order valence-corrected chi connectivity index (χ4v) is 2.80. The number of hydrogen-bond acceptors (Lipinski definition) is 3. The second-order valence-corrected chi connectivity index (χ2v) is 5.57. The van der Waals surface area contributed by atoms with Crippen LogP contribution in [0.4, 0.5) is 5.69 Å². The van der Waals surface area contributed by atoms with Gasteiger partial charge in [-0.1, -0.05) is 23.7 Å². The van der Waals surface area contributed by atoms with Crippen LogP contribution in [0.5, 0.6) is 0 Å². The number of rotatable bonds is 4. The fourth-order valence-electron chi connectivity index (χ4n) is 2.56. The minimum absolute atomic E-state index is 0.0743. The van der Waals surface area contributed by atoms with Crippen LogP contribution in [0.2, 0.25) is 5.02 Å². The Balaban J connectivity index is 1.67. The molecular formula is C15H17ClN4O. The van der Waals surface area contributed by atoms with Gasteiger partial charge >= 0.3 is 0 Å². The third-order valence-electron chi connectivity index (χ3n) is 3.79. The van der Waals surface area contributed by atoms with Crippen molar-refractivity contribution in [2.45, 2.75) is 19.0 Å². The van der Waals surface area contributed by atoms with Crippen LogP contribution in [-0.4, -0.2) is 28.0 Å². The van der Waals surface area contributed by atoms with E-state index in [1.807, 2.05) is 29.8 Å². The minimum Gasteiger partial charge on any atom is -0.337 e. The van der Waals surface area contributed by atoms with Gasteiger partial charge in [0.25, 0.3) is 0 Å². The van der Waals surface area contributed by atoms with E-state index >= 15 is 0 Å². The summed E-state index contributed by atoms with van der Waals surface area (Å²) in [5.41, 5.74) is 1.84. The summed E-state index contributed by atoms with van der Waals surface area (Å²) in [5, 5.41) is 3.91. The van der Waals surface area contributed by atoms with Crippen molar-refractivity contribution in [1.29, 1.82) is 0 Å². The smallest absolute Gasteiger partial charge is 0.244 e. The number of nitrogens with zero attached hydrogens (tertiary/aromatic N) is 3. The molecule has 1 amide bonds. The third-order valence-corrected chi connectivity index (χ3v) is 4.11. The van der Waals surface area contributed by atoms with E-state index in [9.17, 15) is 4.79 Å². The number of nitrogens with one attached hydrogen (secondary N) is 1. The number of para-hydroxylation sites is 1. The molecule has 1 fully saturated rings. The summed E-state index contributed by atoms with van der Waals surface area (Å²) >= 11 is 6.17. The van der Waals surface area contributed by atoms with E-state index in [-0.39, 0.29) is 11.9 Å². The first kappa shape index (κ1) is 14.1. The lowest BCUT2D eigenvalue weighted by Crippen LogP contribution is -2.38. The predicted octanol–water partition coefficient (Wildman–Crippen LogP) is 1.97. The molecule has 0 radical (unpaired) electrons. The summed E-state index contributed by atoms with van der Waals surface area (Å²) in [4.78, 5) is 18.3. The van der Waals surface area contributed by atoms with Crippen molar-refractivity contribution in [3.05, 3.63) is 47.5 Å². The highest BCUT2D eigenvalue weighted by molar-refractivity contribution is 6.33. The first-order valence-electron chi connectivity index (χ1n) is 6.91. The van der Waals surface area contributed by atoms with Gasteiger partial charge in [-0.15, -0.1) is 0 Å². The average molecular weight is 305 g/mol. The molecule has 1 N–H and O–H groups in total. The number of hydrogen-bond donors (Lipinski definition) is 1. The van der Waals surface area contributed by atoms with Crippen molar-refractivity contribution in [1.82, 2.24) is 14.9 Å². The molecule has 1 aliphatic rings. The number of carbonyl (C=O) groups excluding carboxylic acids is 1. The molecule has 1 saturated heterocycles. The van der Waals surface area contributed by atoms with Crippen molar-refractivity contribution >= 4 is 23.2 Å². The van der Waals surface area contributed by atoms with Gasteiger partial charge in [0.1, 0.15) is 0 Å². The monoisotopic (exact) mass is 304 g/mol. The second kappa shape index (κ2) is 5.87. The lowest BCUT2D eigenvalue weighted by atomic mass is 10.2. The van der Waals surface area contributed by atoms with Crippen molar-refractivity contribution in [2.75, 3.05) is 11.4 Å². The van der Waals surface area contributed by atoms with Crippen molar-refractivity contribution in [3.63, 3.8) is 0 Å². The van der Waals surface area contributed by atoms with Gasteiger partial charge in [0.2, 0.25) is 5.91 Å². The largest absolute Gasteiger partial charge is 0.337 e. The zero-order valence-corrected chi connectivity index (χ0v) is 12.5. The molecule has 0 spiro atoms. The molecule has 3 rings (SSSR count). The maximum atomic E-state index is 12.5. The molecule has 1 unspecified atom stereocenters. The summed E-state index contributed by atoms with van der Waals surface area (Å²) in [7, 11) is 1.94. The van der Waals surface area contributed by atoms with Gasteiger partial charge in [0.05, 0.1) is 28.8 Å². The van der Waals surface area contributed by atoms with E-state index in [0.717, 1.165) is 17.8 Å². The first-order valence-corrected chi connectivity index (χ1v) is 7.29. The third kappa shape index (κ3) is 2.80. The lowest BCUT2D eigenvalue weighted by molar-refractivity contribution is -0.118. The molecule has 1 atom stereocenters. The normalized spacial score (nSPS) is 18.5. The molecule has 1 aromatic carbocycles. The van der Waals surface area contributed by atoms with Gasteiger partial charge < -0.3 is 14.8 Å². The van der Waals surface area contributed by atoms with Gasteiger partial charge in [-0.2, -0.15) is 0 Å². The quantitative estimate of drug-likeness (QED) is 0.939. The number of carbonyl (C=O) groups is 1. The summed E-state index contributed by atoms with van der Waals surface area (Å²) in [6, 6.07) is 7.27. The van der Waals surface area contributed by atoms with Crippen molar-refractivity contribution in [3.8, 4) is 0 Å². The SMILES string of the molecule is Cn1cncc1CNC1CCN(c2ccccc2Cl)C1=O. The van der Waals surface area contributed by atoms with Crippen LogP contribution in [0.1, 0.15) is 12.1 Å². The molecule has 0 bridgehead atoms. The Labute approximate surface area is 128 Å². The zero-order chi connectivity index (χ0) is 14.8. The van der Waals surface area contributed by atoms with Crippen molar-refractivity contribution < 1.29 is 4.79 Å². The topological polar surface area (TPSA) is 50.2 Å². The first-order chi connectivity index (χ1) is 10.2. The van der Waals surface area contributed by atoms with E-state index in [1.54, 1.807) is 23.5 Å². The molecule has 1 aromatic heterocycles. The lowest BCUT2D eigenvalue weighted by Gasteiger charge is -2.18. The van der Waals surface area contributed by atoms with E-state index < -0.39 is 0 Å². The molecule has 110 valence electrons. The van der Waals surface area contributed by atoms with E-state index in [1.165, 1.54) is 0 Å². The maximum absolute atomic E-state index is 12.5. The maximum Gasteiger partial charge on any atom is 0.244 e. The highest BCUT2D eigenvalue weighted by Gasteiger charge is 2.33. The fraction of sp³-hybridized carbons (Fsp3) is 0.333. The van der Waals surface area contributed by atoms with Gasteiger partial charge in [0, 0.05) is 26.3 Å². The Hall–Kier alpha value is -1.85. The predicted molar refractivity (Wildman–Crippen MR) is 82.3 cm³/mol. The molecule has 2 aromatic rings. The summed E-state index contributed by atoms with van der Waals surface area (Å²) in [6.45, 7) is 1.31. The molecular weight excluding hydrogens is 288 g/mol. The number of anilines is 1. The van der Waals surface area contributed by atoms with E-state index in [4.69, 9.17) is 11.6 Å². The zero-order valence-electron chi connectivity index (χ0n) is 11.8. The molecule has 5 nitrogen and oxygen atoms in total. The Bertz CT molecular complexity index is 655. The van der Waals surface area contributed by atoms with Gasteiger partial charge in [0.15, 0.2) is 0 Å². The highest BCUT2D eigenvalue weighted by Crippen LogP contribution is 2.29. The summed E-state index contributed by atoms with van der Waals surface area (Å²) < 4.78 is 1.94. The Kier molecular flexibility index (Phi) is 3.94. The molecule has 2 heterocycles. The van der Waals surface area contributed by atoms with Crippen LogP contribution < -0.4 is 10.2 Å². The van der Waals surface area contributed by atoms with Crippen molar-refractivity contribution in [2.24, 2.45) is 7.05 Å². The number of aryl methyl sites for hydroxylation is 1. The number of imidazole rings is 1. The number of amides is 1. The van der Waals surface area contributed by atoms with Crippen LogP contribution in [0.25, 0.3) is 0 Å². The Morgan fingerprint density at radius 3 is 2.95 bits per heavy atom. The molecule has 21 heavy (non-hydrogen) atoms. The second-order valence-electron chi connectivity index (χ2n) is 5.16. The molecule has 0 aliphatic carbocycles. The molecule has 6 heteroatoms. The van der Waals surface area contributed by atoms with E-state index in [0.29, 0.717) is 18.1 Å². The standard InChI is InChI=1S/C15H17ClN4O/c1-19-10-17-8-11(19)9-18-13-6-7-20(15(13)21)14-5-3-2-4-12(14)16/h2-5,8,10,13,18H,6-7,9H2,1H3. The van der Waals surface area contributed by atoms with Crippen LogP contribution in [-0.2, 0) is 18.4 Å². The van der Waals surface area contributed by atoms with Gasteiger partial charge in [-0.3, -0.25) is 4.79 Å². The van der Waals surface area contributed by atoms with Gasteiger partial charge in [-0.05, 0) is 18.6 Å². The molecule has 0 saturated carbocycles. The average Bonchev–Trinajstić information content (AvgIpc) is 3.04. The van der Waals surface area contributed by atoms with Crippen LogP contribution in [0.15, 0.2) is 36.8 Å². The summed E-state index contributed by atoms with van der Waals surface area (Å²) in [5.74, 6) is 0.0743. The number of benzene rings is 1. The molecule has 1 aliphatic heterocycles. The minimum atomic E-state index is -0.170. The number of halogens is 1. The van der Waals surface area contributed by atoms with E-state index in [2.05, 4.69) is 10.3 Å². The number of aromatic nitrogens is 2.